The molecule has 2 fully saturated rings. The van der Waals surface area contributed by atoms with Crippen LogP contribution in [0, 0.1) is 5.41 Å². The summed E-state index contributed by atoms with van der Waals surface area (Å²) in [4.78, 5) is 73.6. The van der Waals surface area contributed by atoms with Crippen molar-refractivity contribution in [2.45, 2.75) is 70.4 Å². The van der Waals surface area contributed by atoms with Gasteiger partial charge in [0.2, 0.25) is 23.6 Å². The third-order valence-electron chi connectivity index (χ3n) is 10.7. The zero-order valence-corrected chi connectivity index (χ0v) is 34.8. The second-order valence-electron chi connectivity index (χ2n) is 15.0. The molecule has 60 heavy (non-hydrogen) atoms. The maximum absolute atomic E-state index is 13.5. The molecule has 1 saturated heterocycles. The Morgan fingerprint density at radius 1 is 0.867 bits per heavy atom. The zero-order valence-electron chi connectivity index (χ0n) is 34.0. The summed E-state index contributed by atoms with van der Waals surface area (Å²) in [5.74, 6) is -0.510. The molecule has 6 rings (SSSR count). The average Bonchev–Trinajstić information content (AvgIpc) is 3.88. The van der Waals surface area contributed by atoms with E-state index in [4.69, 9.17) is 23.9 Å². The van der Waals surface area contributed by atoms with Gasteiger partial charge >= 0.3 is 0 Å². The highest BCUT2D eigenvalue weighted by Gasteiger charge is 2.41. The van der Waals surface area contributed by atoms with Crippen LogP contribution in [0.4, 0.5) is 16.6 Å². The number of rotatable bonds is 25. The summed E-state index contributed by atoms with van der Waals surface area (Å²) in [7, 11) is 0. The number of hydrogen-bond acceptors (Lipinski definition) is 14. The molecule has 0 radical (unpaired) electrons. The summed E-state index contributed by atoms with van der Waals surface area (Å²) >= 11 is 1.51. The number of hydrogen-bond donors (Lipinski definition) is 5. The lowest BCUT2D eigenvalue weighted by Crippen LogP contribution is -2.52. The second kappa shape index (κ2) is 23.2. The fraction of sp³-hybridized carbons (Fsp3) is 0.548. The first-order valence-electron chi connectivity index (χ1n) is 20.8. The number of carbonyl (C=O) groups is 5. The van der Waals surface area contributed by atoms with Gasteiger partial charge in [-0.1, -0.05) is 31.4 Å². The summed E-state index contributed by atoms with van der Waals surface area (Å²) in [6, 6.07) is 10.3. The number of ether oxygens (including phenoxy) is 4. The maximum atomic E-state index is 13.5. The van der Waals surface area contributed by atoms with Crippen LogP contribution < -0.4 is 26.6 Å². The molecule has 5 N–H and O–H groups in total. The van der Waals surface area contributed by atoms with Gasteiger partial charge in [-0.2, -0.15) is 0 Å². The summed E-state index contributed by atoms with van der Waals surface area (Å²) in [5, 5.41) is 17.4. The van der Waals surface area contributed by atoms with Crippen LogP contribution in [0.1, 0.15) is 73.0 Å². The number of pyridine rings is 1. The van der Waals surface area contributed by atoms with Crippen LogP contribution in [-0.2, 0) is 51.1 Å². The summed E-state index contributed by atoms with van der Waals surface area (Å²) in [6.07, 6.45) is 7.91. The van der Waals surface area contributed by atoms with Crippen LogP contribution in [0.2, 0.25) is 0 Å². The molecule has 1 aliphatic carbocycles. The van der Waals surface area contributed by atoms with E-state index in [0.717, 1.165) is 48.7 Å². The van der Waals surface area contributed by atoms with Crippen LogP contribution >= 0.6 is 11.3 Å². The minimum absolute atomic E-state index is 0.0664. The number of imide groups is 1. The van der Waals surface area contributed by atoms with Gasteiger partial charge in [0.1, 0.15) is 11.9 Å². The largest absolute Gasteiger partial charge is 0.378 e. The van der Waals surface area contributed by atoms with E-state index in [9.17, 15) is 24.0 Å². The minimum atomic E-state index is -0.715. The fourth-order valence-corrected chi connectivity index (χ4v) is 8.21. The van der Waals surface area contributed by atoms with Crippen LogP contribution in [0.5, 0.6) is 0 Å². The standard InChI is InChI=1S/C42H56N8O9S/c51-36-11-10-34(38(53)49-36)50-29-32-31(39(50)54)7-5-8-33(32)47-37(52)12-15-43-16-19-56-21-23-58-25-26-59-24-22-57-20-17-44-40(55)42(13-2-1-3-14-42)28-30-6-4-9-35(46-30)48-41-45-18-27-60-41/h4-9,18,27,34,43H,1-3,10-17,19-26,28-29H2,(H,44,55)(H,47,52)(H,45,46,48)(H,49,51,53). The Bertz CT molecular complexity index is 1890. The average molecular weight is 849 g/mol. The number of piperidine rings is 1. The number of nitrogens with zero attached hydrogens (tertiary/aromatic N) is 3. The molecule has 1 aromatic carbocycles. The number of fused-ring (bicyclic) bond motifs is 1. The van der Waals surface area contributed by atoms with E-state index in [2.05, 4.69) is 31.6 Å². The molecule has 0 spiro atoms. The predicted molar refractivity (Wildman–Crippen MR) is 224 cm³/mol. The molecule has 324 valence electrons. The van der Waals surface area contributed by atoms with Gasteiger partial charge in [0.25, 0.3) is 5.91 Å². The highest BCUT2D eigenvalue weighted by Crippen LogP contribution is 2.39. The van der Waals surface area contributed by atoms with Crippen molar-refractivity contribution in [1.29, 1.82) is 0 Å². The quantitative estimate of drug-likeness (QED) is 0.0613. The van der Waals surface area contributed by atoms with E-state index in [1.165, 1.54) is 16.2 Å². The third-order valence-corrected chi connectivity index (χ3v) is 11.4. The molecule has 2 aliphatic heterocycles. The topological polar surface area (TPSA) is 211 Å². The first-order chi connectivity index (χ1) is 29.3. The first kappa shape index (κ1) is 44.7. The Hall–Kier alpha value is -4.85. The van der Waals surface area contributed by atoms with Gasteiger partial charge < -0.3 is 45.1 Å². The van der Waals surface area contributed by atoms with Crippen LogP contribution in [0.25, 0.3) is 0 Å². The molecule has 5 amide bonds. The van der Waals surface area contributed by atoms with Crippen molar-refractivity contribution < 1.29 is 42.9 Å². The van der Waals surface area contributed by atoms with E-state index in [0.29, 0.717) is 95.7 Å². The van der Waals surface area contributed by atoms with Crippen LogP contribution in [0.15, 0.2) is 48.0 Å². The molecule has 1 atom stereocenters. The molecule has 17 nitrogen and oxygen atoms in total. The molecule has 0 bridgehead atoms. The van der Waals surface area contributed by atoms with Gasteiger partial charge in [0.05, 0.1) is 58.3 Å². The number of carbonyl (C=O) groups excluding carboxylic acids is 5. The molecule has 18 heteroatoms. The lowest BCUT2D eigenvalue weighted by Gasteiger charge is -2.35. The normalized spacial score (nSPS) is 17.3. The van der Waals surface area contributed by atoms with E-state index in [1.807, 2.05) is 23.6 Å². The van der Waals surface area contributed by atoms with E-state index in [1.54, 1.807) is 24.4 Å². The Balaban J connectivity index is 0.736. The molecule has 3 aromatic rings. The smallest absolute Gasteiger partial charge is 0.255 e. The van der Waals surface area contributed by atoms with Crippen molar-refractivity contribution in [3.63, 3.8) is 0 Å². The number of benzene rings is 1. The molecule has 3 aliphatic rings. The Labute approximate surface area is 354 Å². The number of amides is 5. The fourth-order valence-electron chi connectivity index (χ4n) is 7.67. The summed E-state index contributed by atoms with van der Waals surface area (Å²) < 4.78 is 22.5. The van der Waals surface area contributed by atoms with Crippen LogP contribution in [-0.4, -0.2) is 123 Å². The molecular formula is C42H56N8O9S. The summed E-state index contributed by atoms with van der Waals surface area (Å²) in [6.45, 7) is 5.06. The zero-order chi connectivity index (χ0) is 42.0. The number of aromatic nitrogens is 2. The second-order valence-corrected chi connectivity index (χ2v) is 15.9. The van der Waals surface area contributed by atoms with Gasteiger partial charge in [-0.15, -0.1) is 11.3 Å². The van der Waals surface area contributed by atoms with Crippen molar-refractivity contribution in [3.8, 4) is 0 Å². The lowest BCUT2D eigenvalue weighted by atomic mass is 9.70. The van der Waals surface area contributed by atoms with Crippen molar-refractivity contribution in [2.75, 3.05) is 83.1 Å². The molecule has 4 heterocycles. The predicted octanol–water partition coefficient (Wildman–Crippen LogP) is 3.34. The van der Waals surface area contributed by atoms with E-state index >= 15 is 0 Å². The summed E-state index contributed by atoms with van der Waals surface area (Å²) in [5.41, 5.74) is 2.07. The molecular weight excluding hydrogens is 793 g/mol. The highest BCUT2D eigenvalue weighted by atomic mass is 32.1. The maximum Gasteiger partial charge on any atom is 0.255 e. The van der Waals surface area contributed by atoms with Gasteiger partial charge in [0, 0.05) is 79.5 Å². The third kappa shape index (κ3) is 13.1. The van der Waals surface area contributed by atoms with Crippen molar-refractivity contribution >= 4 is 57.5 Å². The van der Waals surface area contributed by atoms with E-state index < -0.39 is 17.4 Å². The SMILES string of the molecule is O=C1CCC(N2Cc3c(NC(=O)CCNCCOCCOCCOCCOCCNC(=O)C4(Cc5cccc(Nc6nccs6)n5)CCCCC4)cccc3C2=O)C(=O)N1. The van der Waals surface area contributed by atoms with E-state index in [-0.39, 0.29) is 49.4 Å². The lowest BCUT2D eigenvalue weighted by molar-refractivity contribution is -0.137. The first-order valence-corrected chi connectivity index (χ1v) is 21.7. The minimum Gasteiger partial charge on any atom is -0.378 e. The van der Waals surface area contributed by atoms with Crippen molar-refractivity contribution in [1.82, 2.24) is 30.8 Å². The number of anilines is 3. The van der Waals surface area contributed by atoms with Gasteiger partial charge in [0.15, 0.2) is 5.13 Å². The Morgan fingerprint density at radius 3 is 2.30 bits per heavy atom. The van der Waals surface area contributed by atoms with Crippen LogP contribution in [0.3, 0.4) is 0 Å². The number of thiazole rings is 1. The molecule has 1 saturated carbocycles. The van der Waals surface area contributed by atoms with Gasteiger partial charge in [-0.3, -0.25) is 29.3 Å². The molecule has 1 unspecified atom stereocenters. The van der Waals surface area contributed by atoms with Gasteiger partial charge in [-0.25, -0.2) is 9.97 Å². The Kier molecular flexibility index (Phi) is 17.3. The Morgan fingerprint density at radius 2 is 1.58 bits per heavy atom. The van der Waals surface area contributed by atoms with Gasteiger partial charge in [-0.05, 0) is 43.5 Å². The van der Waals surface area contributed by atoms with Crippen molar-refractivity contribution in [2.24, 2.45) is 5.41 Å². The number of nitrogens with one attached hydrogen (secondary N) is 5. The monoisotopic (exact) mass is 848 g/mol. The highest BCUT2D eigenvalue weighted by molar-refractivity contribution is 7.13. The molecule has 2 aromatic heterocycles. The van der Waals surface area contributed by atoms with Crippen molar-refractivity contribution in [3.05, 3.63) is 64.8 Å².